The first-order chi connectivity index (χ1) is 18.4. The Morgan fingerprint density at radius 2 is 2.05 bits per heavy atom. The third kappa shape index (κ3) is 3.05. The van der Waals surface area contributed by atoms with Gasteiger partial charge in [0.1, 0.15) is 17.3 Å². The third-order valence-corrected chi connectivity index (χ3v) is 11.7. The smallest absolute Gasteiger partial charge is 0.340 e. The number of likely N-dealkylation sites (N-methyl/N-ethyl adjacent to an activating group) is 1. The first kappa shape index (κ1) is 26.0. The summed E-state index contributed by atoms with van der Waals surface area (Å²) in [5.41, 5.74) is 1.65. The molecule has 4 aliphatic carbocycles. The lowest BCUT2D eigenvalue weighted by molar-refractivity contribution is -0.401. The van der Waals surface area contributed by atoms with Crippen LogP contribution in [0.3, 0.4) is 0 Å². The van der Waals surface area contributed by atoms with E-state index in [1.54, 1.807) is 0 Å². The summed E-state index contributed by atoms with van der Waals surface area (Å²) in [5.74, 6) is -1.31. The lowest BCUT2D eigenvalue weighted by Crippen LogP contribution is -2.79. The van der Waals surface area contributed by atoms with Crippen molar-refractivity contribution in [3.8, 4) is 0 Å². The van der Waals surface area contributed by atoms with Gasteiger partial charge in [0.25, 0.3) is 0 Å². The van der Waals surface area contributed by atoms with Crippen molar-refractivity contribution in [1.29, 1.82) is 0 Å². The molecule has 3 aliphatic heterocycles. The van der Waals surface area contributed by atoms with Crippen molar-refractivity contribution in [3.63, 3.8) is 0 Å². The van der Waals surface area contributed by atoms with E-state index in [-0.39, 0.29) is 17.3 Å². The number of aliphatic hydroxyl groups excluding tert-OH is 1. The molecular weight excluding hydrogens is 496 g/mol. The van der Waals surface area contributed by atoms with E-state index in [1.807, 2.05) is 27.0 Å². The summed E-state index contributed by atoms with van der Waals surface area (Å²) in [7, 11) is 2.10. The second-order valence-electron chi connectivity index (χ2n) is 13.6. The number of aryl methyl sites for hydroxylation is 2. The lowest BCUT2D eigenvalue weighted by atomic mass is 9.41. The van der Waals surface area contributed by atoms with E-state index in [4.69, 9.17) is 14.2 Å². The van der Waals surface area contributed by atoms with Crippen LogP contribution in [0.15, 0.2) is 29.5 Å². The van der Waals surface area contributed by atoms with E-state index < -0.39 is 34.6 Å². The molecule has 8 nitrogen and oxygen atoms in total. The van der Waals surface area contributed by atoms with Crippen molar-refractivity contribution in [2.45, 2.75) is 95.4 Å². The van der Waals surface area contributed by atoms with Crippen molar-refractivity contribution in [2.24, 2.45) is 16.7 Å². The SMILES string of the molecule is Cc1c[nH]c(C)c1C(=O)O[C@H](C)C1=CC[C@@]23OCCN(C)C[C@@]12C[C@@H](O)[C@]12OC4(O)CC[C@@]1(C)[C@H](CC=C32)C4. The highest BCUT2D eigenvalue weighted by Gasteiger charge is 2.79. The van der Waals surface area contributed by atoms with Gasteiger partial charge in [-0.3, -0.25) is 0 Å². The zero-order chi connectivity index (χ0) is 27.6. The number of aliphatic hydroxyl groups is 2. The summed E-state index contributed by atoms with van der Waals surface area (Å²) in [6, 6.07) is 0. The number of aromatic amines is 1. The molecule has 4 heterocycles. The fourth-order valence-electron chi connectivity index (χ4n) is 9.86. The molecule has 4 bridgehead atoms. The van der Waals surface area contributed by atoms with E-state index in [9.17, 15) is 15.0 Å². The van der Waals surface area contributed by atoms with Gasteiger partial charge in [0.2, 0.25) is 0 Å². The lowest BCUT2D eigenvalue weighted by Gasteiger charge is -2.73. The van der Waals surface area contributed by atoms with Crippen LogP contribution in [-0.4, -0.2) is 82.0 Å². The van der Waals surface area contributed by atoms with Gasteiger partial charge < -0.3 is 34.3 Å². The molecule has 2 saturated carbocycles. The zero-order valence-electron chi connectivity index (χ0n) is 23.8. The molecule has 3 saturated heterocycles. The molecule has 8 atom stereocenters. The van der Waals surface area contributed by atoms with E-state index >= 15 is 0 Å². The Balaban J connectivity index is 1.33. The fourth-order valence-corrected chi connectivity index (χ4v) is 9.86. The normalized spacial score (nSPS) is 45.4. The monoisotopic (exact) mass is 538 g/mol. The van der Waals surface area contributed by atoms with Crippen LogP contribution in [0, 0.1) is 30.6 Å². The molecule has 212 valence electrons. The number of carbonyl (C=O) groups is 1. The number of ether oxygens (including phenoxy) is 3. The summed E-state index contributed by atoms with van der Waals surface area (Å²) in [5, 5.41) is 23.8. The minimum Gasteiger partial charge on any atom is -0.454 e. The molecule has 39 heavy (non-hydrogen) atoms. The molecule has 8 rings (SSSR count). The Labute approximate surface area is 230 Å². The van der Waals surface area contributed by atoms with E-state index in [1.165, 1.54) is 0 Å². The van der Waals surface area contributed by atoms with Crippen LogP contribution in [-0.2, 0) is 14.2 Å². The highest BCUT2D eigenvalue weighted by Crippen LogP contribution is 2.74. The Kier molecular flexibility index (Phi) is 5.37. The van der Waals surface area contributed by atoms with Crippen molar-refractivity contribution < 1.29 is 29.2 Å². The molecule has 1 aromatic heterocycles. The number of nitrogens with one attached hydrogen (secondary N) is 1. The molecule has 0 aromatic carbocycles. The van der Waals surface area contributed by atoms with Gasteiger partial charge in [0.15, 0.2) is 5.79 Å². The Morgan fingerprint density at radius 1 is 1.26 bits per heavy atom. The summed E-state index contributed by atoms with van der Waals surface area (Å²) in [6.45, 7) is 10.0. The number of hydrogen-bond acceptors (Lipinski definition) is 7. The van der Waals surface area contributed by atoms with Gasteiger partial charge in [-0.05, 0) is 76.1 Å². The van der Waals surface area contributed by atoms with Gasteiger partial charge in [0, 0.05) is 48.7 Å². The standard InChI is InChI=1S/C31H42N2O6/c1-18-16-32-19(2)25(18)26(35)38-20(3)22-8-9-30-23-7-6-21-14-29(36)11-10-27(21,4)31(23,39-29)24(34)15-28(22,30)17-33(5)12-13-37-30/h7-8,16,20-21,24,32,34,36H,6,9-15,17H2,1-5H3/t20-,21-,24-,27+,28+,29?,30+,31+/m1/s1. The van der Waals surface area contributed by atoms with Crippen LogP contribution in [0.4, 0.5) is 0 Å². The predicted molar refractivity (Wildman–Crippen MR) is 144 cm³/mol. The maximum absolute atomic E-state index is 13.3. The number of aromatic nitrogens is 1. The number of nitrogens with zero attached hydrogens (tertiary/aromatic N) is 1. The van der Waals surface area contributed by atoms with Crippen LogP contribution >= 0.6 is 0 Å². The van der Waals surface area contributed by atoms with Gasteiger partial charge in [0.05, 0.1) is 18.3 Å². The molecule has 1 aromatic rings. The summed E-state index contributed by atoms with van der Waals surface area (Å²) >= 11 is 0. The van der Waals surface area contributed by atoms with Crippen LogP contribution < -0.4 is 0 Å². The Bertz CT molecular complexity index is 1280. The average molecular weight is 539 g/mol. The van der Waals surface area contributed by atoms with Gasteiger partial charge in [-0.2, -0.15) is 0 Å². The highest BCUT2D eigenvalue weighted by atomic mass is 16.7. The number of carbonyl (C=O) groups excluding carboxylic acids is 1. The average Bonchev–Trinajstić information content (AvgIpc) is 3.31. The molecule has 3 N–H and O–H groups in total. The first-order valence-electron chi connectivity index (χ1n) is 14.6. The maximum atomic E-state index is 13.3. The number of allylic oxidation sites excluding steroid dienone is 1. The quantitative estimate of drug-likeness (QED) is 0.399. The van der Waals surface area contributed by atoms with E-state index in [0.717, 1.165) is 41.8 Å². The molecule has 1 unspecified atom stereocenters. The van der Waals surface area contributed by atoms with Crippen LogP contribution in [0.1, 0.15) is 74.0 Å². The van der Waals surface area contributed by atoms with Crippen molar-refractivity contribution in [3.05, 3.63) is 46.3 Å². The maximum Gasteiger partial charge on any atom is 0.340 e. The topological polar surface area (TPSA) is 104 Å². The predicted octanol–water partition coefficient (Wildman–Crippen LogP) is 3.55. The number of esters is 1. The minimum absolute atomic E-state index is 0.252. The van der Waals surface area contributed by atoms with Gasteiger partial charge in [-0.15, -0.1) is 0 Å². The third-order valence-electron chi connectivity index (χ3n) is 11.7. The fraction of sp³-hybridized carbons (Fsp3) is 0.710. The highest BCUT2D eigenvalue weighted by molar-refractivity contribution is 5.92. The van der Waals surface area contributed by atoms with Crippen LogP contribution in [0.2, 0.25) is 0 Å². The Morgan fingerprint density at radius 3 is 2.79 bits per heavy atom. The molecule has 1 spiro atoms. The summed E-state index contributed by atoms with van der Waals surface area (Å²) in [4.78, 5) is 18.7. The van der Waals surface area contributed by atoms with Crippen LogP contribution in [0.25, 0.3) is 0 Å². The molecule has 0 radical (unpaired) electrons. The molecule has 5 fully saturated rings. The summed E-state index contributed by atoms with van der Waals surface area (Å²) in [6.07, 6.45) is 8.89. The van der Waals surface area contributed by atoms with Crippen molar-refractivity contribution in [2.75, 3.05) is 26.7 Å². The van der Waals surface area contributed by atoms with Crippen molar-refractivity contribution >= 4 is 5.97 Å². The minimum atomic E-state index is -1.22. The summed E-state index contributed by atoms with van der Waals surface area (Å²) < 4.78 is 19.9. The van der Waals surface area contributed by atoms with E-state index in [0.29, 0.717) is 44.4 Å². The molecule has 0 amide bonds. The number of rotatable bonds is 3. The molecule has 8 heteroatoms. The molecule has 7 aliphatic rings. The first-order valence-corrected chi connectivity index (χ1v) is 14.6. The van der Waals surface area contributed by atoms with Crippen LogP contribution in [0.5, 0.6) is 0 Å². The Hall–Kier alpha value is -1.97. The zero-order valence-corrected chi connectivity index (χ0v) is 23.8. The second-order valence-corrected chi connectivity index (χ2v) is 13.6. The van der Waals surface area contributed by atoms with Crippen molar-refractivity contribution in [1.82, 2.24) is 9.88 Å². The molecular formula is C31H42N2O6. The van der Waals surface area contributed by atoms with E-state index in [2.05, 4.69) is 36.0 Å². The van der Waals surface area contributed by atoms with Gasteiger partial charge >= 0.3 is 5.97 Å². The number of H-pyrrole nitrogens is 1. The van der Waals surface area contributed by atoms with Gasteiger partial charge in [-0.1, -0.05) is 19.1 Å². The number of hydrogen-bond donors (Lipinski definition) is 3. The number of fused-ring (bicyclic) bond motifs is 1. The largest absolute Gasteiger partial charge is 0.454 e. The van der Waals surface area contributed by atoms with Gasteiger partial charge in [-0.25, -0.2) is 4.79 Å². The second kappa shape index (κ2) is 8.07.